The van der Waals surface area contributed by atoms with E-state index in [0.29, 0.717) is 19.0 Å². The molecule has 0 aromatic rings. The lowest BCUT2D eigenvalue weighted by molar-refractivity contribution is -0.143. The topological polar surface area (TPSA) is 46.6 Å². The average Bonchev–Trinajstić information content (AvgIpc) is 2.94. The van der Waals surface area contributed by atoms with Crippen molar-refractivity contribution in [3.63, 3.8) is 0 Å². The molecule has 4 nitrogen and oxygen atoms in total. The highest BCUT2D eigenvalue weighted by Gasteiger charge is 2.30. The van der Waals surface area contributed by atoms with Crippen LogP contribution in [0.5, 0.6) is 0 Å². The Morgan fingerprint density at radius 1 is 1.21 bits per heavy atom. The third-order valence-corrected chi connectivity index (χ3v) is 4.17. The Morgan fingerprint density at radius 2 is 1.79 bits per heavy atom. The molecule has 0 aromatic carbocycles. The normalized spacial score (nSPS) is 15.8. The smallest absolute Gasteiger partial charge is 0.307 e. The summed E-state index contributed by atoms with van der Waals surface area (Å²) in [6.07, 6.45) is 6.58. The fraction of sp³-hybridized carbons (Fsp3) is 0.867. The highest BCUT2D eigenvalue weighted by molar-refractivity contribution is 5.80. The van der Waals surface area contributed by atoms with Gasteiger partial charge in [0.1, 0.15) is 0 Å². The second kappa shape index (κ2) is 8.18. The molecule has 0 aliphatic heterocycles. The van der Waals surface area contributed by atoms with E-state index < -0.39 is 0 Å². The Kier molecular flexibility index (Phi) is 6.89. The minimum Gasteiger partial charge on any atom is -0.469 e. The Balaban J connectivity index is 2.67. The molecule has 0 bridgehead atoms. The minimum atomic E-state index is -0.236. The van der Waals surface area contributed by atoms with Crippen LogP contribution >= 0.6 is 0 Å². The number of carbonyl (C=O) groups excluding carboxylic acids is 2. The third-order valence-electron chi connectivity index (χ3n) is 4.17. The molecule has 0 saturated heterocycles. The summed E-state index contributed by atoms with van der Waals surface area (Å²) < 4.78 is 4.68. The SMILES string of the molecule is CCC(CC)C(=O)N(CCC(=O)OC)C1CCCC1. The molecule has 0 aromatic heterocycles. The lowest BCUT2D eigenvalue weighted by Gasteiger charge is -2.31. The maximum Gasteiger partial charge on any atom is 0.307 e. The molecular weight excluding hydrogens is 242 g/mol. The molecule has 1 saturated carbocycles. The first-order chi connectivity index (χ1) is 9.13. The summed E-state index contributed by atoms with van der Waals surface area (Å²) in [6.45, 7) is 4.62. The molecule has 110 valence electrons. The highest BCUT2D eigenvalue weighted by Crippen LogP contribution is 2.26. The van der Waals surface area contributed by atoms with E-state index in [1.807, 2.05) is 4.90 Å². The molecule has 0 unspecified atom stereocenters. The maximum atomic E-state index is 12.6. The number of esters is 1. The molecule has 0 spiro atoms. The fourth-order valence-electron chi connectivity index (χ4n) is 2.87. The van der Waals surface area contributed by atoms with Gasteiger partial charge in [0, 0.05) is 18.5 Å². The maximum absolute atomic E-state index is 12.6. The number of nitrogens with zero attached hydrogens (tertiary/aromatic N) is 1. The lowest BCUT2D eigenvalue weighted by Crippen LogP contribution is -2.43. The van der Waals surface area contributed by atoms with Crippen LogP contribution in [-0.4, -0.2) is 36.5 Å². The van der Waals surface area contributed by atoms with Crippen LogP contribution in [0.3, 0.4) is 0 Å². The summed E-state index contributed by atoms with van der Waals surface area (Å²) in [4.78, 5) is 25.8. The van der Waals surface area contributed by atoms with Crippen LogP contribution in [0, 0.1) is 5.92 Å². The van der Waals surface area contributed by atoms with E-state index in [1.165, 1.54) is 20.0 Å². The van der Waals surface area contributed by atoms with Crippen LogP contribution in [0.2, 0.25) is 0 Å². The first-order valence-corrected chi connectivity index (χ1v) is 7.51. The van der Waals surface area contributed by atoms with Crippen molar-refractivity contribution >= 4 is 11.9 Å². The van der Waals surface area contributed by atoms with Crippen LogP contribution in [0.25, 0.3) is 0 Å². The van der Waals surface area contributed by atoms with Crippen LogP contribution in [-0.2, 0) is 14.3 Å². The molecule has 1 rings (SSSR count). The van der Waals surface area contributed by atoms with E-state index in [9.17, 15) is 9.59 Å². The second-order valence-corrected chi connectivity index (χ2v) is 5.31. The number of hydrogen-bond donors (Lipinski definition) is 0. The summed E-state index contributed by atoms with van der Waals surface area (Å²) in [5.41, 5.74) is 0. The molecule has 19 heavy (non-hydrogen) atoms. The van der Waals surface area contributed by atoms with Crippen LogP contribution in [0.4, 0.5) is 0 Å². The molecule has 1 aliphatic carbocycles. The number of amides is 1. The van der Waals surface area contributed by atoms with Gasteiger partial charge in [-0.3, -0.25) is 9.59 Å². The molecule has 4 heteroatoms. The molecule has 1 aliphatic rings. The zero-order chi connectivity index (χ0) is 14.3. The van der Waals surface area contributed by atoms with Gasteiger partial charge in [-0.25, -0.2) is 0 Å². The summed E-state index contributed by atoms with van der Waals surface area (Å²) >= 11 is 0. The Hall–Kier alpha value is -1.06. The average molecular weight is 269 g/mol. The summed E-state index contributed by atoms with van der Waals surface area (Å²) in [7, 11) is 1.39. The monoisotopic (exact) mass is 269 g/mol. The third kappa shape index (κ3) is 4.51. The highest BCUT2D eigenvalue weighted by atomic mass is 16.5. The van der Waals surface area contributed by atoms with Crippen molar-refractivity contribution in [2.45, 2.75) is 64.8 Å². The van der Waals surface area contributed by atoms with Gasteiger partial charge in [-0.2, -0.15) is 0 Å². The lowest BCUT2D eigenvalue weighted by atomic mass is 10.00. The first-order valence-electron chi connectivity index (χ1n) is 7.51. The van der Waals surface area contributed by atoms with E-state index >= 15 is 0 Å². The van der Waals surface area contributed by atoms with Crippen LogP contribution in [0.1, 0.15) is 58.8 Å². The van der Waals surface area contributed by atoms with Crippen molar-refractivity contribution in [1.82, 2.24) is 4.90 Å². The van der Waals surface area contributed by atoms with E-state index in [-0.39, 0.29) is 17.8 Å². The molecule has 0 heterocycles. The van der Waals surface area contributed by atoms with Gasteiger partial charge in [-0.15, -0.1) is 0 Å². The van der Waals surface area contributed by atoms with Gasteiger partial charge < -0.3 is 9.64 Å². The van der Waals surface area contributed by atoms with E-state index in [1.54, 1.807) is 0 Å². The number of ether oxygens (including phenoxy) is 1. The number of hydrogen-bond acceptors (Lipinski definition) is 3. The molecule has 1 amide bonds. The van der Waals surface area contributed by atoms with Crippen LogP contribution in [0.15, 0.2) is 0 Å². The Morgan fingerprint density at radius 3 is 2.26 bits per heavy atom. The predicted molar refractivity (Wildman–Crippen MR) is 74.7 cm³/mol. The fourth-order valence-corrected chi connectivity index (χ4v) is 2.87. The van der Waals surface area contributed by atoms with Crippen molar-refractivity contribution in [1.29, 1.82) is 0 Å². The van der Waals surface area contributed by atoms with Crippen molar-refractivity contribution < 1.29 is 14.3 Å². The zero-order valence-electron chi connectivity index (χ0n) is 12.5. The standard InChI is InChI=1S/C15H27NO3/c1-4-12(5-2)15(18)16(11-10-14(17)19-3)13-8-6-7-9-13/h12-13H,4-11H2,1-3H3. The van der Waals surface area contributed by atoms with Gasteiger partial charge >= 0.3 is 5.97 Å². The molecule has 0 N–H and O–H groups in total. The molecular formula is C15H27NO3. The van der Waals surface area contributed by atoms with Crippen molar-refractivity contribution in [3.8, 4) is 0 Å². The van der Waals surface area contributed by atoms with Gasteiger partial charge in [0.15, 0.2) is 0 Å². The van der Waals surface area contributed by atoms with E-state index in [2.05, 4.69) is 18.6 Å². The predicted octanol–water partition coefficient (Wildman–Crippen LogP) is 2.76. The van der Waals surface area contributed by atoms with E-state index in [4.69, 9.17) is 0 Å². The van der Waals surface area contributed by atoms with Crippen molar-refractivity contribution in [3.05, 3.63) is 0 Å². The zero-order valence-corrected chi connectivity index (χ0v) is 12.5. The Labute approximate surface area is 116 Å². The van der Waals surface area contributed by atoms with Gasteiger partial charge in [0.05, 0.1) is 13.5 Å². The van der Waals surface area contributed by atoms with Gasteiger partial charge in [-0.05, 0) is 25.7 Å². The number of carbonyl (C=O) groups is 2. The second-order valence-electron chi connectivity index (χ2n) is 5.31. The van der Waals surface area contributed by atoms with Crippen molar-refractivity contribution in [2.75, 3.05) is 13.7 Å². The van der Waals surface area contributed by atoms with Gasteiger partial charge in [0.2, 0.25) is 5.91 Å². The van der Waals surface area contributed by atoms with Gasteiger partial charge in [0.25, 0.3) is 0 Å². The first kappa shape index (κ1) is 16.0. The summed E-state index contributed by atoms with van der Waals surface area (Å²) in [5.74, 6) is 0.0828. The minimum absolute atomic E-state index is 0.0956. The number of methoxy groups -OCH3 is 1. The van der Waals surface area contributed by atoms with Gasteiger partial charge in [-0.1, -0.05) is 26.7 Å². The quantitative estimate of drug-likeness (QED) is 0.668. The van der Waals surface area contributed by atoms with Crippen LogP contribution < -0.4 is 0 Å². The molecule has 0 radical (unpaired) electrons. The summed E-state index contributed by atoms with van der Waals surface area (Å²) in [5, 5.41) is 0. The number of rotatable bonds is 7. The van der Waals surface area contributed by atoms with Crippen molar-refractivity contribution in [2.24, 2.45) is 5.92 Å². The molecule has 0 atom stereocenters. The van der Waals surface area contributed by atoms with E-state index in [0.717, 1.165) is 25.7 Å². The summed E-state index contributed by atoms with van der Waals surface area (Å²) in [6, 6.07) is 0.331. The largest absolute Gasteiger partial charge is 0.469 e. The molecule has 1 fully saturated rings. The Bertz CT molecular complexity index is 294.